The molecule has 1 rings (SSSR count). The first-order chi connectivity index (χ1) is 8.20. The van der Waals surface area contributed by atoms with Crippen molar-refractivity contribution in [1.29, 1.82) is 0 Å². The Balaban J connectivity index is 3.18. The van der Waals surface area contributed by atoms with Crippen molar-refractivity contribution in [3.8, 4) is 0 Å². The molecule has 102 valence electrons. The molecule has 2 unspecified atom stereocenters. The quantitative estimate of drug-likeness (QED) is 0.660. The molecule has 0 aliphatic carbocycles. The smallest absolute Gasteiger partial charge is 0.335 e. The van der Waals surface area contributed by atoms with Crippen LogP contribution in [0.3, 0.4) is 0 Å². The minimum Gasteiger partial charge on any atom is -0.392 e. The summed E-state index contributed by atoms with van der Waals surface area (Å²) in [5.41, 5.74) is -0.164. The zero-order valence-corrected chi connectivity index (χ0v) is 11.4. The molecule has 0 radical (unpaired) electrons. The van der Waals surface area contributed by atoms with Crippen molar-refractivity contribution in [3.05, 3.63) is 21.6 Å². The number of aliphatic hydroxyl groups is 1. The molecule has 1 heterocycles. The van der Waals surface area contributed by atoms with E-state index in [1.807, 2.05) is 20.8 Å². The second-order valence-corrected chi connectivity index (χ2v) is 5.55. The lowest BCUT2D eigenvalue weighted by molar-refractivity contribution is -0.387. The van der Waals surface area contributed by atoms with Crippen molar-refractivity contribution in [3.63, 3.8) is 0 Å². The highest BCUT2D eigenvalue weighted by molar-refractivity contribution is 5.40. The van der Waals surface area contributed by atoms with E-state index in [4.69, 9.17) is 4.52 Å². The van der Waals surface area contributed by atoms with Gasteiger partial charge in [-0.1, -0.05) is 39.8 Å². The van der Waals surface area contributed by atoms with Gasteiger partial charge in [-0.05, 0) is 11.8 Å². The number of aryl methyl sites for hydroxylation is 1. The van der Waals surface area contributed by atoms with Crippen LogP contribution in [0.1, 0.15) is 52.0 Å². The Labute approximate surface area is 106 Å². The molecule has 0 saturated heterocycles. The lowest BCUT2D eigenvalue weighted by atomic mass is 9.81. The highest BCUT2D eigenvalue weighted by Crippen LogP contribution is 2.37. The van der Waals surface area contributed by atoms with Crippen LogP contribution < -0.4 is 0 Å². The highest BCUT2D eigenvalue weighted by Gasteiger charge is 2.37. The predicted octanol–water partition coefficient (Wildman–Crippen LogP) is 2.66. The largest absolute Gasteiger partial charge is 0.392 e. The monoisotopic (exact) mass is 256 g/mol. The lowest BCUT2D eigenvalue weighted by Gasteiger charge is -2.29. The van der Waals surface area contributed by atoms with Gasteiger partial charge < -0.3 is 9.63 Å². The first-order valence-corrected chi connectivity index (χ1v) is 6.01. The summed E-state index contributed by atoms with van der Waals surface area (Å²) in [7, 11) is 0. The van der Waals surface area contributed by atoms with Gasteiger partial charge in [0.2, 0.25) is 5.76 Å². The van der Waals surface area contributed by atoms with Gasteiger partial charge in [0.15, 0.2) is 5.69 Å². The van der Waals surface area contributed by atoms with E-state index in [1.54, 1.807) is 13.8 Å². The molecule has 18 heavy (non-hydrogen) atoms. The fourth-order valence-corrected chi connectivity index (χ4v) is 1.95. The standard InChI is InChI=1S/C12H20N2O4/c1-6-8-9(14(16)17)10(18-13-8)7(2)11(15)12(3,4)5/h7,11,15H,6H2,1-5H3. The third-order valence-electron chi connectivity index (χ3n) is 3.05. The van der Waals surface area contributed by atoms with Crippen molar-refractivity contribution >= 4 is 5.69 Å². The van der Waals surface area contributed by atoms with Crippen LogP contribution in [-0.2, 0) is 6.42 Å². The molecule has 0 aliphatic rings. The molecular weight excluding hydrogens is 236 g/mol. The van der Waals surface area contributed by atoms with Crippen molar-refractivity contribution in [2.45, 2.75) is 53.1 Å². The zero-order chi connectivity index (χ0) is 14.1. The molecular formula is C12H20N2O4. The molecule has 1 aromatic rings. The molecule has 0 aliphatic heterocycles. The average Bonchev–Trinajstić information content (AvgIpc) is 2.69. The maximum Gasteiger partial charge on any atom is 0.335 e. The first kappa shape index (κ1) is 14.6. The molecule has 0 saturated carbocycles. The highest BCUT2D eigenvalue weighted by atomic mass is 16.6. The average molecular weight is 256 g/mol. The van der Waals surface area contributed by atoms with Crippen LogP contribution in [0.4, 0.5) is 5.69 Å². The minimum absolute atomic E-state index is 0.103. The minimum atomic E-state index is -0.742. The van der Waals surface area contributed by atoms with Gasteiger partial charge in [-0.3, -0.25) is 10.1 Å². The maximum atomic E-state index is 11.1. The van der Waals surface area contributed by atoms with Gasteiger partial charge in [0.25, 0.3) is 0 Å². The molecule has 1 aromatic heterocycles. The van der Waals surface area contributed by atoms with Gasteiger partial charge in [0.1, 0.15) is 0 Å². The van der Waals surface area contributed by atoms with E-state index in [2.05, 4.69) is 5.16 Å². The Morgan fingerprint density at radius 2 is 2.06 bits per heavy atom. The van der Waals surface area contributed by atoms with Crippen LogP contribution in [0.15, 0.2) is 4.52 Å². The van der Waals surface area contributed by atoms with Crippen LogP contribution in [0, 0.1) is 15.5 Å². The van der Waals surface area contributed by atoms with Gasteiger partial charge in [-0.25, -0.2) is 0 Å². The molecule has 0 amide bonds. The van der Waals surface area contributed by atoms with Crippen molar-refractivity contribution in [2.24, 2.45) is 5.41 Å². The molecule has 0 bridgehead atoms. The predicted molar refractivity (Wildman–Crippen MR) is 66.4 cm³/mol. The van der Waals surface area contributed by atoms with Crippen molar-refractivity contribution in [1.82, 2.24) is 5.16 Å². The molecule has 0 fully saturated rings. The van der Waals surface area contributed by atoms with Gasteiger partial charge in [0.05, 0.1) is 16.9 Å². The van der Waals surface area contributed by atoms with Crippen LogP contribution in [-0.4, -0.2) is 21.3 Å². The van der Waals surface area contributed by atoms with Crippen LogP contribution in [0.5, 0.6) is 0 Å². The summed E-state index contributed by atoms with van der Waals surface area (Å²) in [5, 5.41) is 25.0. The van der Waals surface area contributed by atoms with Crippen LogP contribution >= 0.6 is 0 Å². The molecule has 1 N–H and O–H groups in total. The number of nitrogens with zero attached hydrogens (tertiary/aromatic N) is 2. The third-order valence-corrected chi connectivity index (χ3v) is 3.05. The molecule has 0 aromatic carbocycles. The summed E-state index contributed by atoms with van der Waals surface area (Å²) < 4.78 is 5.07. The Kier molecular flexibility index (Phi) is 4.11. The molecule has 2 atom stereocenters. The number of aliphatic hydroxyl groups excluding tert-OH is 1. The molecule has 6 heteroatoms. The Bertz CT molecular complexity index is 434. The first-order valence-electron chi connectivity index (χ1n) is 6.01. The molecule has 6 nitrogen and oxygen atoms in total. The normalized spacial score (nSPS) is 15.4. The Morgan fingerprint density at radius 3 is 2.44 bits per heavy atom. The zero-order valence-electron chi connectivity index (χ0n) is 11.4. The van der Waals surface area contributed by atoms with Gasteiger partial charge >= 0.3 is 5.69 Å². The second kappa shape index (κ2) is 5.06. The summed E-state index contributed by atoms with van der Waals surface area (Å²) in [6, 6.07) is 0. The van der Waals surface area contributed by atoms with E-state index >= 15 is 0 Å². The number of rotatable bonds is 4. The van der Waals surface area contributed by atoms with E-state index in [9.17, 15) is 15.2 Å². The van der Waals surface area contributed by atoms with E-state index in [1.165, 1.54) is 0 Å². The van der Waals surface area contributed by atoms with E-state index in [0.717, 1.165) is 0 Å². The second-order valence-electron chi connectivity index (χ2n) is 5.55. The Morgan fingerprint density at radius 1 is 1.50 bits per heavy atom. The van der Waals surface area contributed by atoms with Crippen molar-refractivity contribution in [2.75, 3.05) is 0 Å². The van der Waals surface area contributed by atoms with Gasteiger partial charge in [0, 0.05) is 0 Å². The fraction of sp³-hybridized carbons (Fsp3) is 0.750. The third kappa shape index (κ3) is 2.69. The SMILES string of the molecule is CCc1noc(C(C)C(O)C(C)(C)C)c1[N+](=O)[O-]. The topological polar surface area (TPSA) is 89.4 Å². The van der Waals surface area contributed by atoms with Gasteiger partial charge in [-0.15, -0.1) is 0 Å². The summed E-state index contributed by atoms with van der Waals surface area (Å²) in [6.07, 6.45) is -0.313. The maximum absolute atomic E-state index is 11.1. The number of aromatic nitrogens is 1. The number of nitro groups is 1. The number of hydrogen-bond donors (Lipinski definition) is 1. The molecule has 0 spiro atoms. The van der Waals surface area contributed by atoms with Crippen LogP contribution in [0.25, 0.3) is 0 Å². The van der Waals surface area contributed by atoms with E-state index in [-0.39, 0.29) is 16.9 Å². The summed E-state index contributed by atoms with van der Waals surface area (Å²) in [4.78, 5) is 10.6. The summed E-state index contributed by atoms with van der Waals surface area (Å²) in [6.45, 7) is 9.10. The van der Waals surface area contributed by atoms with Crippen molar-refractivity contribution < 1.29 is 14.6 Å². The van der Waals surface area contributed by atoms with Gasteiger partial charge in [-0.2, -0.15) is 0 Å². The van der Waals surface area contributed by atoms with E-state index in [0.29, 0.717) is 12.1 Å². The van der Waals surface area contributed by atoms with E-state index < -0.39 is 16.9 Å². The summed E-state index contributed by atoms with van der Waals surface area (Å²) >= 11 is 0. The fourth-order valence-electron chi connectivity index (χ4n) is 1.95. The van der Waals surface area contributed by atoms with Crippen LogP contribution in [0.2, 0.25) is 0 Å². The summed E-state index contributed by atoms with van der Waals surface area (Å²) in [5.74, 6) is -0.322. The lowest BCUT2D eigenvalue weighted by Crippen LogP contribution is -2.31. The Hall–Kier alpha value is -1.43. The number of hydrogen-bond acceptors (Lipinski definition) is 5.